The molecule has 2 atom stereocenters. The highest BCUT2D eigenvalue weighted by atomic mass is 16.5. The van der Waals surface area contributed by atoms with Crippen molar-refractivity contribution in [3.05, 3.63) is 29.8 Å². The number of benzene rings is 1. The molecule has 3 N–H and O–H groups in total. The molecule has 0 saturated carbocycles. The topological polar surface area (TPSA) is 102 Å². The average molecular weight is 447 g/mol. The molecule has 1 saturated heterocycles. The van der Waals surface area contributed by atoms with Gasteiger partial charge in [-0.15, -0.1) is 0 Å². The Labute approximate surface area is 191 Å². The number of anilines is 1. The summed E-state index contributed by atoms with van der Waals surface area (Å²) < 4.78 is 0. The van der Waals surface area contributed by atoms with Gasteiger partial charge in [-0.1, -0.05) is 40.5 Å². The lowest BCUT2D eigenvalue weighted by Gasteiger charge is -2.32. The lowest BCUT2D eigenvalue weighted by molar-refractivity contribution is -0.154. The van der Waals surface area contributed by atoms with E-state index in [1.165, 1.54) is 0 Å². The van der Waals surface area contributed by atoms with Gasteiger partial charge in [0.15, 0.2) is 5.78 Å². The minimum atomic E-state index is -0.729. The highest BCUT2D eigenvalue weighted by Crippen LogP contribution is 2.25. The fourth-order valence-corrected chi connectivity index (χ4v) is 3.89. The van der Waals surface area contributed by atoms with Crippen molar-refractivity contribution < 1.29 is 19.6 Å². The Morgan fingerprint density at radius 1 is 1.22 bits per heavy atom. The third-order valence-electron chi connectivity index (χ3n) is 5.85. The van der Waals surface area contributed by atoms with E-state index in [-0.39, 0.29) is 18.2 Å². The van der Waals surface area contributed by atoms with Crippen molar-refractivity contribution in [1.29, 1.82) is 0 Å². The second-order valence-corrected chi connectivity index (χ2v) is 9.52. The molecule has 1 aliphatic rings. The van der Waals surface area contributed by atoms with Crippen molar-refractivity contribution >= 4 is 23.8 Å². The number of amides is 2. The van der Waals surface area contributed by atoms with Crippen LogP contribution in [0, 0.1) is 11.3 Å². The van der Waals surface area contributed by atoms with Crippen molar-refractivity contribution in [3.63, 3.8) is 0 Å². The Morgan fingerprint density at radius 2 is 1.84 bits per heavy atom. The van der Waals surface area contributed by atoms with Gasteiger partial charge in [0.05, 0.1) is 18.5 Å². The summed E-state index contributed by atoms with van der Waals surface area (Å²) in [6.45, 7) is 11.4. The maximum absolute atomic E-state index is 13.4. The van der Waals surface area contributed by atoms with Crippen molar-refractivity contribution in [1.82, 2.24) is 15.7 Å². The van der Waals surface area contributed by atoms with Gasteiger partial charge in [-0.2, -0.15) is 0 Å². The number of carbonyl (C=O) groups is 3. The van der Waals surface area contributed by atoms with Gasteiger partial charge in [0, 0.05) is 37.4 Å². The number of nitrogens with zero attached hydrogens (tertiary/aromatic N) is 2. The number of nitrogens with one attached hydrogen (secondary N) is 2. The van der Waals surface area contributed by atoms with Crippen LogP contribution in [-0.2, 0) is 9.59 Å². The van der Waals surface area contributed by atoms with Crippen LogP contribution >= 0.6 is 0 Å². The first kappa shape index (κ1) is 25.8. The predicted molar refractivity (Wildman–Crippen MR) is 125 cm³/mol. The van der Waals surface area contributed by atoms with Crippen LogP contribution in [0.15, 0.2) is 24.3 Å². The zero-order valence-electron chi connectivity index (χ0n) is 19.8. The maximum Gasteiger partial charge on any atom is 0.233 e. The molecule has 1 aromatic carbocycles. The highest BCUT2D eigenvalue weighted by molar-refractivity contribution is 6.02. The van der Waals surface area contributed by atoms with E-state index in [1.807, 2.05) is 52.0 Å². The van der Waals surface area contributed by atoms with Gasteiger partial charge in [0.2, 0.25) is 12.3 Å². The van der Waals surface area contributed by atoms with Gasteiger partial charge in [-0.25, -0.2) is 5.06 Å². The third kappa shape index (κ3) is 7.31. The molecule has 1 fully saturated rings. The lowest BCUT2D eigenvalue weighted by atomic mass is 9.81. The molecule has 8 nitrogen and oxygen atoms in total. The highest BCUT2D eigenvalue weighted by Gasteiger charge is 2.35. The average Bonchev–Trinajstić information content (AvgIpc) is 2.79. The first-order valence-electron chi connectivity index (χ1n) is 11.5. The number of piperazine rings is 1. The molecule has 32 heavy (non-hydrogen) atoms. The van der Waals surface area contributed by atoms with Gasteiger partial charge < -0.3 is 15.5 Å². The number of hydrogen-bond donors (Lipinski definition) is 3. The summed E-state index contributed by atoms with van der Waals surface area (Å²) in [5.74, 6) is -1.06. The first-order valence-corrected chi connectivity index (χ1v) is 11.5. The summed E-state index contributed by atoms with van der Waals surface area (Å²) in [5.41, 5.74) is 1.12. The largest absolute Gasteiger partial charge is 0.369 e. The summed E-state index contributed by atoms with van der Waals surface area (Å²) in [6.07, 6.45) is 2.49. The standard InChI is InChI=1S/C24H38N4O4/c1-5-6-7-19(16-28(32)17-29)23(31)26-22(24(2,3)4)21(30)18-8-10-20(11-9-18)27-14-12-25-13-15-27/h8-11,17,19,22,25,32H,5-7,12-16H2,1-4H3,(H,26,31). The number of ketones is 1. The van der Waals surface area contributed by atoms with Crippen molar-refractivity contribution in [2.45, 2.75) is 53.0 Å². The van der Waals surface area contributed by atoms with Crippen molar-refractivity contribution in [3.8, 4) is 0 Å². The van der Waals surface area contributed by atoms with Crippen LogP contribution < -0.4 is 15.5 Å². The summed E-state index contributed by atoms with van der Waals surface area (Å²) in [4.78, 5) is 39.5. The van der Waals surface area contributed by atoms with E-state index in [0.717, 1.165) is 44.7 Å². The number of unbranched alkanes of at least 4 members (excludes halogenated alkanes) is 1. The Balaban J connectivity index is 2.16. The zero-order valence-corrected chi connectivity index (χ0v) is 19.8. The second-order valence-electron chi connectivity index (χ2n) is 9.52. The molecule has 178 valence electrons. The minimum absolute atomic E-state index is 0.0974. The number of hydroxylamine groups is 2. The summed E-state index contributed by atoms with van der Waals surface area (Å²) in [5, 5.41) is 16.3. The quantitative estimate of drug-likeness (QED) is 0.209. The van der Waals surface area contributed by atoms with Crippen LogP contribution in [0.2, 0.25) is 0 Å². The fraction of sp³-hybridized carbons (Fsp3) is 0.625. The minimum Gasteiger partial charge on any atom is -0.369 e. The van der Waals surface area contributed by atoms with E-state index < -0.39 is 17.4 Å². The molecule has 2 unspecified atom stereocenters. The molecule has 8 heteroatoms. The molecular weight excluding hydrogens is 408 g/mol. The maximum atomic E-state index is 13.4. The molecular formula is C24H38N4O4. The first-order chi connectivity index (χ1) is 15.2. The SMILES string of the molecule is CCCCC(CN(O)C=O)C(=O)NC(C(=O)c1ccc(N2CCNCC2)cc1)C(C)(C)C. The van der Waals surface area contributed by atoms with Crippen molar-refractivity contribution in [2.24, 2.45) is 11.3 Å². The van der Waals surface area contributed by atoms with Gasteiger partial charge in [0.25, 0.3) is 0 Å². The second kappa shape index (κ2) is 12.0. The molecule has 2 amide bonds. The van der Waals surface area contributed by atoms with E-state index >= 15 is 0 Å². The Morgan fingerprint density at radius 3 is 2.38 bits per heavy atom. The number of Topliss-reactive ketones (excluding diaryl/α,β-unsaturated/α-hetero) is 1. The van der Waals surface area contributed by atoms with E-state index in [9.17, 15) is 19.6 Å². The zero-order chi connectivity index (χ0) is 23.7. The third-order valence-corrected chi connectivity index (χ3v) is 5.85. The monoisotopic (exact) mass is 446 g/mol. The van der Waals surface area contributed by atoms with Crippen LogP contribution in [0.5, 0.6) is 0 Å². The number of hydrogen-bond acceptors (Lipinski definition) is 6. The Hall–Kier alpha value is -2.45. The van der Waals surface area contributed by atoms with Crippen molar-refractivity contribution in [2.75, 3.05) is 37.6 Å². The van der Waals surface area contributed by atoms with Crippen LogP contribution in [0.4, 0.5) is 5.69 Å². The molecule has 0 radical (unpaired) electrons. The summed E-state index contributed by atoms with van der Waals surface area (Å²) >= 11 is 0. The molecule has 0 bridgehead atoms. The van der Waals surface area contributed by atoms with Gasteiger partial charge in [-0.05, 0) is 36.1 Å². The normalized spacial score (nSPS) is 16.2. The van der Waals surface area contributed by atoms with E-state index in [1.54, 1.807) is 0 Å². The fourth-order valence-electron chi connectivity index (χ4n) is 3.89. The molecule has 0 aliphatic carbocycles. The van der Waals surface area contributed by atoms with Gasteiger partial charge in [-0.3, -0.25) is 19.6 Å². The number of carbonyl (C=O) groups excluding carboxylic acids is 3. The van der Waals surface area contributed by atoms with E-state index in [0.29, 0.717) is 23.5 Å². The van der Waals surface area contributed by atoms with Crippen LogP contribution in [-0.4, -0.2) is 67.1 Å². The lowest BCUT2D eigenvalue weighted by Crippen LogP contribution is -2.52. The predicted octanol–water partition coefficient (Wildman–Crippen LogP) is 2.46. The summed E-state index contributed by atoms with van der Waals surface area (Å²) in [7, 11) is 0. The van der Waals surface area contributed by atoms with Crippen LogP contribution in [0.3, 0.4) is 0 Å². The summed E-state index contributed by atoms with van der Waals surface area (Å²) in [6, 6.07) is 6.82. The Bertz CT molecular complexity index is 754. The molecule has 1 aromatic rings. The molecule has 2 rings (SSSR count). The van der Waals surface area contributed by atoms with Crippen LogP contribution in [0.25, 0.3) is 0 Å². The smallest absolute Gasteiger partial charge is 0.233 e. The van der Waals surface area contributed by atoms with E-state index in [2.05, 4.69) is 15.5 Å². The number of rotatable bonds is 11. The molecule has 0 spiro atoms. The van der Waals surface area contributed by atoms with E-state index in [4.69, 9.17) is 0 Å². The Kier molecular flexibility index (Phi) is 9.65. The van der Waals surface area contributed by atoms with Gasteiger partial charge in [0.1, 0.15) is 0 Å². The molecule has 0 aromatic heterocycles. The van der Waals surface area contributed by atoms with Gasteiger partial charge >= 0.3 is 0 Å². The molecule has 1 heterocycles. The molecule has 1 aliphatic heterocycles. The van der Waals surface area contributed by atoms with Crippen LogP contribution in [0.1, 0.15) is 57.3 Å².